The monoisotopic (exact) mass is 291 g/mol. The third-order valence-electron chi connectivity index (χ3n) is 2.24. The molecule has 0 aliphatic rings. The lowest BCUT2D eigenvalue weighted by Crippen LogP contribution is -2.37. The highest BCUT2D eigenvalue weighted by Gasteiger charge is 2.38. The zero-order valence-corrected chi connectivity index (χ0v) is 10.2. The van der Waals surface area contributed by atoms with Crippen molar-refractivity contribution in [3.05, 3.63) is 29.8 Å². The molecule has 0 saturated heterocycles. The van der Waals surface area contributed by atoms with Crippen LogP contribution < -0.4 is 10.1 Å². The summed E-state index contributed by atoms with van der Waals surface area (Å²) in [5, 5.41) is 10.2. The maximum Gasteiger partial charge on any atom is 0.471 e. The Labute approximate surface area is 112 Å². The van der Waals surface area contributed by atoms with Crippen molar-refractivity contribution < 1.29 is 32.6 Å². The molecule has 5 nitrogen and oxygen atoms in total. The number of carbonyl (C=O) groups excluding carboxylic acids is 1. The van der Waals surface area contributed by atoms with E-state index in [0.29, 0.717) is 11.3 Å². The number of rotatable bonds is 6. The lowest BCUT2D eigenvalue weighted by molar-refractivity contribution is -0.173. The number of ether oxygens (including phenoxy) is 1. The quantitative estimate of drug-likeness (QED) is 0.830. The summed E-state index contributed by atoms with van der Waals surface area (Å²) in [7, 11) is 0. The van der Waals surface area contributed by atoms with Gasteiger partial charge in [0.2, 0.25) is 0 Å². The highest BCUT2D eigenvalue weighted by atomic mass is 19.4. The Morgan fingerprint density at radius 3 is 2.30 bits per heavy atom. The van der Waals surface area contributed by atoms with Gasteiger partial charge >= 0.3 is 18.1 Å². The Kier molecular flexibility index (Phi) is 5.36. The van der Waals surface area contributed by atoms with E-state index in [1.165, 1.54) is 12.1 Å². The molecule has 1 rings (SSSR count). The second kappa shape index (κ2) is 6.78. The van der Waals surface area contributed by atoms with Gasteiger partial charge in [0.05, 0.1) is 0 Å². The van der Waals surface area contributed by atoms with Crippen LogP contribution in [0.15, 0.2) is 24.3 Å². The molecule has 0 atom stereocenters. The Bertz CT molecular complexity index is 471. The summed E-state index contributed by atoms with van der Waals surface area (Å²) in [5.41, 5.74) is 0.690. The van der Waals surface area contributed by atoms with Crippen LogP contribution in [0.25, 0.3) is 0 Å². The van der Waals surface area contributed by atoms with E-state index >= 15 is 0 Å². The highest BCUT2D eigenvalue weighted by molar-refractivity contribution is 5.81. The minimum Gasteiger partial charge on any atom is -0.482 e. The minimum atomic E-state index is -4.88. The second-order valence-electron chi connectivity index (χ2n) is 3.83. The number of carbonyl (C=O) groups is 2. The zero-order chi connectivity index (χ0) is 15.2. The fourth-order valence-electron chi connectivity index (χ4n) is 1.32. The van der Waals surface area contributed by atoms with Gasteiger partial charge in [-0.25, -0.2) is 4.79 Å². The van der Waals surface area contributed by atoms with Crippen LogP contribution in [0.3, 0.4) is 0 Å². The first-order valence-electron chi connectivity index (χ1n) is 5.57. The van der Waals surface area contributed by atoms with Crippen LogP contribution in [0.1, 0.15) is 5.56 Å². The van der Waals surface area contributed by atoms with Crippen molar-refractivity contribution in [3.8, 4) is 5.75 Å². The maximum atomic E-state index is 11.9. The first-order valence-corrected chi connectivity index (χ1v) is 5.57. The molecule has 0 aliphatic heterocycles. The molecule has 0 unspecified atom stereocenters. The van der Waals surface area contributed by atoms with E-state index in [0.717, 1.165) is 0 Å². The molecule has 0 radical (unpaired) electrons. The van der Waals surface area contributed by atoms with Gasteiger partial charge in [0, 0.05) is 6.54 Å². The fraction of sp³-hybridized carbons (Fsp3) is 0.333. The number of alkyl halides is 3. The summed E-state index contributed by atoms with van der Waals surface area (Å²) in [5.74, 6) is -2.74. The molecule has 1 aromatic rings. The summed E-state index contributed by atoms with van der Waals surface area (Å²) >= 11 is 0. The normalized spacial score (nSPS) is 10.9. The molecule has 1 aromatic carbocycles. The second-order valence-corrected chi connectivity index (χ2v) is 3.83. The van der Waals surface area contributed by atoms with Crippen molar-refractivity contribution in [2.24, 2.45) is 0 Å². The lowest BCUT2D eigenvalue weighted by atomic mass is 10.1. The average Bonchev–Trinajstić information content (AvgIpc) is 2.36. The maximum absolute atomic E-state index is 11.9. The summed E-state index contributed by atoms with van der Waals surface area (Å²) in [6.45, 7) is -0.616. The first-order chi connectivity index (χ1) is 9.29. The zero-order valence-electron chi connectivity index (χ0n) is 10.2. The van der Waals surface area contributed by atoms with Crippen LogP contribution in [-0.2, 0) is 16.0 Å². The van der Waals surface area contributed by atoms with Gasteiger partial charge < -0.3 is 15.2 Å². The van der Waals surface area contributed by atoms with Crippen LogP contribution in [0.4, 0.5) is 13.2 Å². The standard InChI is InChI=1S/C12H12F3NO4/c13-12(14,15)11(19)16-6-5-8-1-3-9(4-2-8)20-7-10(17)18/h1-4H,5-7H2,(H,16,19)(H,17,18). The molecule has 0 saturated carbocycles. The molecule has 0 fully saturated rings. The van der Waals surface area contributed by atoms with Gasteiger partial charge in [0.1, 0.15) is 5.75 Å². The van der Waals surface area contributed by atoms with Crippen molar-refractivity contribution in [3.63, 3.8) is 0 Å². The molecule has 0 aliphatic carbocycles. The van der Waals surface area contributed by atoms with Crippen molar-refractivity contribution in [2.45, 2.75) is 12.6 Å². The predicted octanol–water partition coefficient (Wildman–Crippen LogP) is 1.37. The van der Waals surface area contributed by atoms with Crippen LogP contribution >= 0.6 is 0 Å². The van der Waals surface area contributed by atoms with Gasteiger partial charge in [-0.2, -0.15) is 13.2 Å². The van der Waals surface area contributed by atoms with Crippen LogP contribution in [0.2, 0.25) is 0 Å². The summed E-state index contributed by atoms with van der Waals surface area (Å²) in [4.78, 5) is 20.8. The molecule has 8 heteroatoms. The van der Waals surface area contributed by atoms with Crippen LogP contribution in [0.5, 0.6) is 5.75 Å². The van der Waals surface area contributed by atoms with Crippen molar-refractivity contribution >= 4 is 11.9 Å². The number of benzene rings is 1. The van der Waals surface area contributed by atoms with Gasteiger partial charge in [-0.1, -0.05) is 12.1 Å². The van der Waals surface area contributed by atoms with Gasteiger partial charge in [0.25, 0.3) is 0 Å². The SMILES string of the molecule is O=C(O)COc1ccc(CCNC(=O)C(F)(F)F)cc1. The average molecular weight is 291 g/mol. The van der Waals surface area contributed by atoms with Crippen LogP contribution in [0, 0.1) is 0 Å². The molecule has 0 bridgehead atoms. The van der Waals surface area contributed by atoms with E-state index in [1.807, 2.05) is 0 Å². The summed E-state index contributed by atoms with van der Waals surface area (Å²) in [6, 6.07) is 6.17. The van der Waals surface area contributed by atoms with Crippen molar-refractivity contribution in [1.29, 1.82) is 0 Å². The Morgan fingerprint density at radius 2 is 1.80 bits per heavy atom. The number of hydrogen-bond acceptors (Lipinski definition) is 3. The molecule has 0 heterocycles. The number of carboxylic acids is 1. The molecule has 2 N–H and O–H groups in total. The Balaban J connectivity index is 2.38. The number of carboxylic acid groups (broad SMARTS) is 1. The van der Waals surface area contributed by atoms with E-state index < -0.39 is 24.7 Å². The molecular weight excluding hydrogens is 279 g/mol. The smallest absolute Gasteiger partial charge is 0.471 e. The van der Waals surface area contributed by atoms with E-state index in [1.54, 1.807) is 17.4 Å². The molecule has 110 valence electrons. The first kappa shape index (κ1) is 15.8. The minimum absolute atomic E-state index is 0.145. The number of aliphatic carboxylic acids is 1. The van der Waals surface area contributed by atoms with E-state index in [2.05, 4.69) is 0 Å². The number of hydrogen-bond donors (Lipinski definition) is 2. The van der Waals surface area contributed by atoms with Gasteiger partial charge in [-0.05, 0) is 24.1 Å². The summed E-state index contributed by atoms with van der Waals surface area (Å²) in [6.07, 6.45) is -4.66. The number of halogens is 3. The molecular formula is C12H12F3NO4. The lowest BCUT2D eigenvalue weighted by Gasteiger charge is -2.08. The van der Waals surface area contributed by atoms with Gasteiger partial charge in [-0.15, -0.1) is 0 Å². The van der Waals surface area contributed by atoms with Crippen LogP contribution in [-0.4, -0.2) is 36.3 Å². The predicted molar refractivity (Wildman–Crippen MR) is 62.3 cm³/mol. The highest BCUT2D eigenvalue weighted by Crippen LogP contribution is 2.15. The number of amides is 1. The third kappa shape index (κ3) is 5.59. The fourth-order valence-corrected chi connectivity index (χ4v) is 1.32. The van der Waals surface area contributed by atoms with E-state index in [-0.39, 0.29) is 13.0 Å². The van der Waals surface area contributed by atoms with E-state index in [4.69, 9.17) is 9.84 Å². The topological polar surface area (TPSA) is 75.6 Å². The summed E-state index contributed by atoms with van der Waals surface area (Å²) < 4.78 is 40.6. The molecule has 0 spiro atoms. The third-order valence-corrected chi connectivity index (χ3v) is 2.24. The Hall–Kier alpha value is -2.25. The molecule has 20 heavy (non-hydrogen) atoms. The molecule has 0 aromatic heterocycles. The van der Waals surface area contributed by atoms with Crippen molar-refractivity contribution in [1.82, 2.24) is 5.32 Å². The Morgan fingerprint density at radius 1 is 1.20 bits per heavy atom. The van der Waals surface area contributed by atoms with Crippen molar-refractivity contribution in [2.75, 3.05) is 13.2 Å². The number of nitrogens with one attached hydrogen (secondary N) is 1. The van der Waals surface area contributed by atoms with Gasteiger partial charge in [-0.3, -0.25) is 4.79 Å². The van der Waals surface area contributed by atoms with E-state index in [9.17, 15) is 22.8 Å². The largest absolute Gasteiger partial charge is 0.482 e. The molecule has 1 amide bonds. The van der Waals surface area contributed by atoms with Gasteiger partial charge in [0.15, 0.2) is 6.61 Å².